The zero-order chi connectivity index (χ0) is 46.3. The Bertz CT molecular complexity index is 4110. The smallest absolute Gasteiger partial charge is 0.237 e. The van der Waals surface area contributed by atoms with Crippen molar-refractivity contribution in [2.45, 2.75) is 24.7 Å². The molecule has 0 radical (unpaired) electrons. The number of benzene rings is 10. The molecule has 0 fully saturated rings. The lowest BCUT2D eigenvalue weighted by Gasteiger charge is -2.30. The van der Waals surface area contributed by atoms with E-state index in [9.17, 15) is 0 Å². The molecule has 0 saturated heterocycles. The van der Waals surface area contributed by atoms with Crippen LogP contribution in [0.15, 0.2) is 231 Å². The molecular weight excluding hydrogens is 849 g/mol. The molecule has 12 aromatic rings. The fourth-order valence-electron chi connectivity index (χ4n) is 12.9. The van der Waals surface area contributed by atoms with Gasteiger partial charge in [0.1, 0.15) is 0 Å². The molecule has 0 bridgehead atoms. The maximum atomic E-state index is 5.92. The van der Waals surface area contributed by atoms with Crippen LogP contribution in [-0.4, -0.2) is 14.5 Å². The third-order valence-corrected chi connectivity index (χ3v) is 15.8. The van der Waals surface area contributed by atoms with E-state index in [-0.39, 0.29) is 5.41 Å². The Labute approximate surface area is 406 Å². The Morgan fingerprint density at radius 2 is 0.943 bits per heavy atom. The van der Waals surface area contributed by atoms with Gasteiger partial charge in [-0.25, -0.2) is 4.98 Å². The van der Waals surface area contributed by atoms with Gasteiger partial charge < -0.3 is 0 Å². The van der Waals surface area contributed by atoms with Gasteiger partial charge in [0, 0.05) is 38.4 Å². The molecule has 15 rings (SSSR count). The molecule has 0 N–H and O–H groups in total. The molecule has 2 heterocycles. The molecule has 2 aromatic heterocycles. The fraction of sp³-hybridized carbons (Fsp3) is 0.0606. The minimum absolute atomic E-state index is 0.193. The van der Waals surface area contributed by atoms with Crippen molar-refractivity contribution >= 4 is 49.9 Å². The average molecular weight is 893 g/mol. The number of anilines is 3. The van der Waals surface area contributed by atoms with Crippen molar-refractivity contribution in [3.63, 3.8) is 0 Å². The Morgan fingerprint density at radius 1 is 0.386 bits per heavy atom. The molecule has 328 valence electrons. The summed E-state index contributed by atoms with van der Waals surface area (Å²) in [5, 5.41) is 3.31. The molecule has 3 aliphatic rings. The Morgan fingerprint density at radius 3 is 1.67 bits per heavy atom. The lowest BCUT2D eigenvalue weighted by molar-refractivity contribution is 0.660. The van der Waals surface area contributed by atoms with Gasteiger partial charge in [-0.1, -0.05) is 208 Å². The van der Waals surface area contributed by atoms with Crippen molar-refractivity contribution in [1.82, 2.24) is 14.5 Å². The summed E-state index contributed by atoms with van der Waals surface area (Å²) >= 11 is 0. The predicted octanol–water partition coefficient (Wildman–Crippen LogP) is 16.5. The van der Waals surface area contributed by atoms with Crippen molar-refractivity contribution < 1.29 is 0 Å². The van der Waals surface area contributed by atoms with Gasteiger partial charge >= 0.3 is 0 Å². The van der Waals surface area contributed by atoms with E-state index in [0.717, 1.165) is 50.1 Å². The van der Waals surface area contributed by atoms with E-state index in [1.807, 2.05) is 0 Å². The minimum Gasteiger partial charge on any atom is -0.294 e. The second-order valence-electron chi connectivity index (χ2n) is 19.6. The topological polar surface area (TPSA) is 34.0 Å². The van der Waals surface area contributed by atoms with E-state index in [2.05, 4.69) is 254 Å². The fourth-order valence-corrected chi connectivity index (χ4v) is 12.9. The number of rotatable bonds is 5. The van der Waals surface area contributed by atoms with Crippen molar-refractivity contribution in [1.29, 1.82) is 0 Å². The summed E-state index contributed by atoms with van der Waals surface area (Å²) in [6.07, 6.45) is 0. The minimum atomic E-state index is -0.496. The number of hydrogen-bond acceptors (Lipinski definition) is 3. The standard InChI is InChI=1S/C66H44N4/c1-65(2)51-27-12-8-24-48(51)60-55(65)31-18-34-59(60)69(43-37-35-42(36-38-43)41-19-4-3-5-20-41)63-50-26-10-16-32-57(50)67-64(68-63)70-58-33-17-11-23-46(58)47-39-40-56-61(62(47)70)49-25-9-15-30-54(49)66(56)52-28-13-6-21-44(52)45-22-7-14-29-53(45)66/h3-40H,1-2H3. The number of fused-ring (bicyclic) bond motifs is 18. The molecule has 0 saturated carbocycles. The number of para-hydroxylation sites is 2. The van der Waals surface area contributed by atoms with Crippen LogP contribution in [0.4, 0.5) is 17.2 Å². The number of hydrogen-bond donors (Lipinski definition) is 0. The maximum absolute atomic E-state index is 5.92. The molecule has 0 unspecified atom stereocenters. The van der Waals surface area contributed by atoms with Crippen LogP contribution >= 0.6 is 0 Å². The van der Waals surface area contributed by atoms with Gasteiger partial charge in [-0.3, -0.25) is 9.47 Å². The number of aromatic nitrogens is 3. The summed E-state index contributed by atoms with van der Waals surface area (Å²) in [7, 11) is 0. The summed E-state index contributed by atoms with van der Waals surface area (Å²) in [5.41, 5.74) is 22.2. The molecule has 10 aromatic carbocycles. The third-order valence-electron chi connectivity index (χ3n) is 15.8. The van der Waals surface area contributed by atoms with Gasteiger partial charge in [-0.15, -0.1) is 0 Å². The second-order valence-corrected chi connectivity index (χ2v) is 19.6. The van der Waals surface area contributed by atoms with Crippen molar-refractivity contribution in [3.8, 4) is 50.5 Å². The maximum Gasteiger partial charge on any atom is 0.237 e. The summed E-state index contributed by atoms with van der Waals surface area (Å²) in [5.74, 6) is 1.44. The highest BCUT2D eigenvalue weighted by Crippen LogP contribution is 2.64. The molecule has 0 aliphatic heterocycles. The van der Waals surface area contributed by atoms with E-state index >= 15 is 0 Å². The summed E-state index contributed by atoms with van der Waals surface area (Å²) in [6, 6.07) is 84.6. The van der Waals surface area contributed by atoms with E-state index in [1.165, 1.54) is 77.7 Å². The van der Waals surface area contributed by atoms with Gasteiger partial charge in [-0.05, 0) is 103 Å². The van der Waals surface area contributed by atoms with Crippen LogP contribution in [-0.2, 0) is 10.8 Å². The lowest BCUT2D eigenvalue weighted by atomic mass is 9.70. The SMILES string of the molecule is CC1(C)c2ccccc2-c2c(N(c3ccc(-c4ccccc4)cc3)c3nc(-n4c5ccccc5c5ccc6c(c54)-c4ccccc4C64c5ccccc5-c5ccccc54)nc4ccccc34)cccc21. The average Bonchev–Trinajstić information content (AvgIpc) is 4.10. The highest BCUT2D eigenvalue weighted by Gasteiger charge is 2.52. The normalized spacial score (nSPS) is 14.1. The highest BCUT2D eigenvalue weighted by molar-refractivity contribution is 6.16. The first kappa shape index (κ1) is 39.2. The van der Waals surface area contributed by atoms with Crippen molar-refractivity contribution in [2.24, 2.45) is 0 Å². The van der Waals surface area contributed by atoms with Gasteiger partial charge in [0.15, 0.2) is 5.82 Å². The van der Waals surface area contributed by atoms with Crippen LogP contribution in [0.5, 0.6) is 0 Å². The first-order chi connectivity index (χ1) is 34.5. The Hall–Kier alpha value is -8.86. The first-order valence-corrected chi connectivity index (χ1v) is 24.3. The number of nitrogens with zero attached hydrogens (tertiary/aromatic N) is 4. The molecule has 70 heavy (non-hydrogen) atoms. The van der Waals surface area contributed by atoms with Crippen LogP contribution < -0.4 is 4.90 Å². The second kappa shape index (κ2) is 14.3. The van der Waals surface area contributed by atoms with Crippen molar-refractivity contribution in [3.05, 3.63) is 264 Å². The molecule has 0 atom stereocenters. The molecule has 1 spiro atoms. The lowest BCUT2D eigenvalue weighted by Crippen LogP contribution is -2.25. The van der Waals surface area contributed by atoms with Crippen LogP contribution in [0, 0.1) is 0 Å². The van der Waals surface area contributed by atoms with Gasteiger partial charge in [0.05, 0.1) is 27.7 Å². The van der Waals surface area contributed by atoms with Crippen LogP contribution in [0.25, 0.3) is 83.2 Å². The molecular formula is C66H44N4. The van der Waals surface area contributed by atoms with Crippen LogP contribution in [0.2, 0.25) is 0 Å². The van der Waals surface area contributed by atoms with Crippen LogP contribution in [0.3, 0.4) is 0 Å². The first-order valence-electron chi connectivity index (χ1n) is 24.3. The third kappa shape index (κ3) is 5.09. The van der Waals surface area contributed by atoms with Crippen molar-refractivity contribution in [2.75, 3.05) is 4.90 Å². The van der Waals surface area contributed by atoms with Gasteiger partial charge in [0.25, 0.3) is 0 Å². The monoisotopic (exact) mass is 892 g/mol. The Kier molecular flexibility index (Phi) is 8.02. The van der Waals surface area contributed by atoms with E-state index in [4.69, 9.17) is 9.97 Å². The van der Waals surface area contributed by atoms with Crippen LogP contribution in [0.1, 0.15) is 47.2 Å². The zero-order valence-electron chi connectivity index (χ0n) is 38.7. The zero-order valence-corrected chi connectivity index (χ0v) is 38.7. The van der Waals surface area contributed by atoms with Gasteiger partial charge in [0.2, 0.25) is 5.95 Å². The molecule has 0 amide bonds. The molecule has 3 aliphatic carbocycles. The Balaban J connectivity index is 1.05. The van der Waals surface area contributed by atoms with Gasteiger partial charge in [-0.2, -0.15) is 4.98 Å². The summed E-state index contributed by atoms with van der Waals surface area (Å²) in [4.78, 5) is 13.9. The quantitative estimate of drug-likeness (QED) is 0.173. The highest BCUT2D eigenvalue weighted by atomic mass is 15.3. The predicted molar refractivity (Wildman–Crippen MR) is 288 cm³/mol. The molecule has 4 heteroatoms. The van der Waals surface area contributed by atoms with E-state index < -0.39 is 5.41 Å². The summed E-state index contributed by atoms with van der Waals surface area (Å²) < 4.78 is 2.37. The molecule has 4 nitrogen and oxygen atoms in total. The van der Waals surface area contributed by atoms with E-state index in [0.29, 0.717) is 5.95 Å². The van der Waals surface area contributed by atoms with E-state index in [1.54, 1.807) is 0 Å². The summed E-state index contributed by atoms with van der Waals surface area (Å²) in [6.45, 7) is 4.70. The largest absolute Gasteiger partial charge is 0.294 e.